The van der Waals surface area contributed by atoms with Crippen molar-refractivity contribution in [3.05, 3.63) is 97.2 Å². The van der Waals surface area contributed by atoms with E-state index in [9.17, 15) is 19.0 Å². The number of nitrogens with one attached hydrogen (secondary N) is 1. The monoisotopic (exact) mass is 1140 g/mol. The summed E-state index contributed by atoms with van der Waals surface area (Å²) in [5.41, 5.74) is 0. The summed E-state index contributed by atoms with van der Waals surface area (Å²) in [7, 11) is 1.14. The molecule has 0 aliphatic carbocycles. The molecule has 0 aromatic rings. The van der Waals surface area contributed by atoms with Crippen LogP contribution in [0.5, 0.6) is 0 Å². The van der Waals surface area contributed by atoms with Crippen LogP contribution in [0.3, 0.4) is 0 Å². The number of esters is 1. The molecule has 0 aromatic carbocycles. The fraction of sp³-hybridized carbons (Fsp3) is 0.743. The van der Waals surface area contributed by atoms with Crippen molar-refractivity contribution in [1.82, 2.24) is 5.32 Å². The van der Waals surface area contributed by atoms with Crippen LogP contribution in [-0.2, 0) is 27.9 Å². The molecule has 0 aliphatic rings. The third-order valence-corrected chi connectivity index (χ3v) is 15.2. The van der Waals surface area contributed by atoms with Gasteiger partial charge >= 0.3 is 5.97 Å². The van der Waals surface area contributed by atoms with Gasteiger partial charge in [0.1, 0.15) is 19.3 Å². The first-order chi connectivity index (χ1) is 38.9. The van der Waals surface area contributed by atoms with Gasteiger partial charge in [-0.3, -0.25) is 14.2 Å². The average molecular weight is 1140 g/mol. The molecule has 0 heterocycles. The Kier molecular flexibility index (Phi) is 56.8. The van der Waals surface area contributed by atoms with Crippen LogP contribution in [-0.4, -0.2) is 69.4 Å². The van der Waals surface area contributed by atoms with Crippen LogP contribution in [0.2, 0.25) is 0 Å². The number of amides is 1. The number of ether oxygens (including phenoxy) is 1. The summed E-state index contributed by atoms with van der Waals surface area (Å²) in [6.45, 7) is 6.75. The van der Waals surface area contributed by atoms with Gasteiger partial charge in [-0.2, -0.15) is 0 Å². The molecular weight excluding hydrogens is 1010 g/mol. The lowest BCUT2D eigenvalue weighted by atomic mass is 10.0. The van der Waals surface area contributed by atoms with Crippen LogP contribution < -0.4 is 10.2 Å². The van der Waals surface area contributed by atoms with Gasteiger partial charge in [0.25, 0.3) is 7.82 Å². The van der Waals surface area contributed by atoms with E-state index in [2.05, 4.69) is 111 Å². The number of rotatable bonds is 59. The standard InChI is InChI=1S/C70H125N2O7P/c1-7-10-13-16-19-22-25-28-30-32-33-34-35-36-37-38-39-41-43-45-48-51-54-57-60-63-70(74)79-68(61-58-55-52-49-46-27-24-21-18-15-12-9-3)67(66-78-80(75,76)77-65-64-72(4,5)6)71-69(73)62-59-56-53-50-47-44-42-40-31-29-26-23-20-17-14-11-8-2/h19-20,22-23,28-31,33-34,42,44,50,53,58,61,67-68H,7-18,21,24-27,32,35-41,43,45-49,51-52,54-57,59-60,62-66H2,1-6H3,(H-,71,73,75,76)/b22-19-,23-20-,30-28-,31-29-,34-33-,44-42-,53-50-,61-58-. The van der Waals surface area contributed by atoms with Gasteiger partial charge in [-0.05, 0) is 109 Å². The number of quaternary nitrogens is 1. The van der Waals surface area contributed by atoms with Gasteiger partial charge in [0.05, 0.1) is 33.8 Å². The van der Waals surface area contributed by atoms with Crippen LogP contribution in [0, 0.1) is 0 Å². The zero-order valence-corrected chi connectivity index (χ0v) is 53.7. The molecule has 0 radical (unpaired) electrons. The second-order valence-corrected chi connectivity index (χ2v) is 24.7. The zero-order chi connectivity index (χ0) is 58.6. The van der Waals surface area contributed by atoms with Crippen LogP contribution in [0.25, 0.3) is 0 Å². The molecule has 462 valence electrons. The maximum Gasteiger partial charge on any atom is 0.306 e. The molecule has 0 saturated carbocycles. The molecule has 0 spiro atoms. The summed E-state index contributed by atoms with van der Waals surface area (Å²) >= 11 is 0. The Morgan fingerprint density at radius 1 is 0.438 bits per heavy atom. The van der Waals surface area contributed by atoms with Crippen LogP contribution >= 0.6 is 7.82 Å². The van der Waals surface area contributed by atoms with Crippen LogP contribution in [0.15, 0.2) is 97.2 Å². The summed E-state index contributed by atoms with van der Waals surface area (Å²) in [5.74, 6) is -0.608. The summed E-state index contributed by atoms with van der Waals surface area (Å²) in [6.07, 6.45) is 79.6. The van der Waals surface area contributed by atoms with E-state index in [1.165, 1.54) is 161 Å². The van der Waals surface area contributed by atoms with Crippen molar-refractivity contribution >= 4 is 19.7 Å². The lowest BCUT2D eigenvalue weighted by molar-refractivity contribution is -0.870. The number of nitrogens with zero attached hydrogens (tertiary/aromatic N) is 1. The Morgan fingerprint density at radius 3 is 1.19 bits per heavy atom. The lowest BCUT2D eigenvalue weighted by Gasteiger charge is -2.30. The second kappa shape index (κ2) is 59.1. The first-order valence-electron chi connectivity index (χ1n) is 33.0. The number of carbonyl (C=O) groups excluding carboxylic acids is 2. The van der Waals surface area contributed by atoms with Crippen molar-refractivity contribution in [2.24, 2.45) is 0 Å². The normalized spacial score (nSPS) is 14.2. The number of likely N-dealkylation sites (N-methyl/N-ethyl adjacent to an activating group) is 1. The number of phosphoric acid groups is 1. The Hall–Kier alpha value is -3.07. The maximum atomic E-state index is 13.5. The average Bonchev–Trinajstić information content (AvgIpc) is 3.42. The third-order valence-electron chi connectivity index (χ3n) is 14.2. The highest BCUT2D eigenvalue weighted by molar-refractivity contribution is 7.45. The smallest absolute Gasteiger partial charge is 0.306 e. The van der Waals surface area contributed by atoms with E-state index < -0.39 is 26.6 Å². The molecule has 9 nitrogen and oxygen atoms in total. The minimum Gasteiger partial charge on any atom is -0.756 e. The molecule has 0 bridgehead atoms. The SMILES string of the molecule is CCCCC/C=C\C/C=C\C/C=C\C/C=C\CCCC(=O)NC(COP(=O)([O-])OCC[N+](C)(C)C)C(/C=C\CCCCCCCCCCCC)OC(=O)CCCCCCCCCCCCCC/C=C\C/C=C\C/C=C\CCCCC. The van der Waals surface area contributed by atoms with E-state index >= 15 is 0 Å². The first kappa shape index (κ1) is 76.9. The number of hydrogen-bond donors (Lipinski definition) is 1. The minimum absolute atomic E-state index is 0.0362. The summed E-state index contributed by atoms with van der Waals surface area (Å²) in [5, 5.41) is 3.00. The van der Waals surface area contributed by atoms with E-state index in [-0.39, 0.29) is 31.3 Å². The number of allylic oxidation sites excluding steroid dienone is 15. The van der Waals surface area contributed by atoms with Gasteiger partial charge in [0.15, 0.2) is 0 Å². The second-order valence-electron chi connectivity index (χ2n) is 23.3. The van der Waals surface area contributed by atoms with E-state index in [1.54, 1.807) is 0 Å². The van der Waals surface area contributed by atoms with Crippen molar-refractivity contribution in [2.75, 3.05) is 40.9 Å². The number of carbonyl (C=O) groups is 2. The molecule has 80 heavy (non-hydrogen) atoms. The molecule has 1 amide bonds. The predicted molar refractivity (Wildman–Crippen MR) is 344 cm³/mol. The molecule has 0 fully saturated rings. The molecule has 0 rings (SSSR count). The first-order valence-corrected chi connectivity index (χ1v) is 34.5. The van der Waals surface area contributed by atoms with E-state index in [4.69, 9.17) is 13.8 Å². The highest BCUT2D eigenvalue weighted by atomic mass is 31.2. The van der Waals surface area contributed by atoms with Gasteiger partial charge < -0.3 is 28.5 Å². The van der Waals surface area contributed by atoms with Gasteiger partial charge in [-0.25, -0.2) is 0 Å². The van der Waals surface area contributed by atoms with E-state index in [1.807, 2.05) is 33.3 Å². The quantitative estimate of drug-likeness (QED) is 0.0212. The Labute approximate surface area is 494 Å². The summed E-state index contributed by atoms with van der Waals surface area (Å²) in [6, 6.07) is -0.923. The summed E-state index contributed by atoms with van der Waals surface area (Å²) in [4.78, 5) is 40.0. The Bertz CT molecular complexity index is 1690. The Balaban J connectivity index is 5.20. The van der Waals surface area contributed by atoms with E-state index in [0.29, 0.717) is 17.4 Å². The van der Waals surface area contributed by atoms with Crippen molar-refractivity contribution < 1.29 is 37.3 Å². The number of hydrogen-bond acceptors (Lipinski definition) is 7. The van der Waals surface area contributed by atoms with Crippen LogP contribution in [0.1, 0.15) is 284 Å². The molecule has 0 aromatic heterocycles. The highest BCUT2D eigenvalue weighted by Gasteiger charge is 2.27. The molecule has 0 saturated heterocycles. The molecule has 0 aliphatic heterocycles. The van der Waals surface area contributed by atoms with Crippen molar-refractivity contribution in [3.8, 4) is 0 Å². The van der Waals surface area contributed by atoms with Crippen LogP contribution in [0.4, 0.5) is 0 Å². The molecule has 10 heteroatoms. The zero-order valence-electron chi connectivity index (χ0n) is 52.8. The van der Waals surface area contributed by atoms with Crippen molar-refractivity contribution in [1.29, 1.82) is 0 Å². The third kappa shape index (κ3) is 59.5. The molecule has 3 atom stereocenters. The maximum absolute atomic E-state index is 13.5. The minimum atomic E-state index is -4.72. The van der Waals surface area contributed by atoms with Crippen molar-refractivity contribution in [2.45, 2.75) is 296 Å². The highest BCUT2D eigenvalue weighted by Crippen LogP contribution is 2.38. The van der Waals surface area contributed by atoms with Crippen molar-refractivity contribution in [3.63, 3.8) is 0 Å². The van der Waals surface area contributed by atoms with Gasteiger partial charge in [-0.1, -0.05) is 260 Å². The number of unbranched alkanes of at least 4 members (excludes halogenated alkanes) is 29. The predicted octanol–water partition coefficient (Wildman–Crippen LogP) is 20.1. The largest absolute Gasteiger partial charge is 0.756 e. The fourth-order valence-electron chi connectivity index (χ4n) is 9.11. The number of phosphoric ester groups is 1. The topological polar surface area (TPSA) is 114 Å². The fourth-order valence-corrected chi connectivity index (χ4v) is 9.83. The van der Waals surface area contributed by atoms with Gasteiger partial charge in [0.2, 0.25) is 5.91 Å². The van der Waals surface area contributed by atoms with E-state index in [0.717, 1.165) is 83.5 Å². The summed E-state index contributed by atoms with van der Waals surface area (Å²) < 4.78 is 30.3. The molecule has 3 unspecified atom stereocenters. The van der Waals surface area contributed by atoms with Gasteiger partial charge in [-0.15, -0.1) is 0 Å². The van der Waals surface area contributed by atoms with Gasteiger partial charge in [0, 0.05) is 12.8 Å². The molecule has 1 N–H and O–H groups in total. The lowest BCUT2D eigenvalue weighted by Crippen LogP contribution is -2.47. The molecular formula is C70H125N2O7P. The Morgan fingerprint density at radius 2 is 0.775 bits per heavy atom.